The van der Waals surface area contributed by atoms with Crippen molar-refractivity contribution >= 4 is 29.3 Å². The Kier molecular flexibility index (Phi) is 6.10. The number of amides is 1. The first-order valence-electron chi connectivity index (χ1n) is 8.72. The maximum absolute atomic E-state index is 12.2. The summed E-state index contributed by atoms with van der Waals surface area (Å²) in [6.07, 6.45) is 0. The highest BCUT2D eigenvalue weighted by molar-refractivity contribution is 7.99. The molecule has 0 spiro atoms. The van der Waals surface area contributed by atoms with E-state index in [-0.39, 0.29) is 17.2 Å². The van der Waals surface area contributed by atoms with Crippen LogP contribution in [0.1, 0.15) is 22.8 Å². The van der Waals surface area contributed by atoms with Gasteiger partial charge in [0.05, 0.1) is 11.7 Å². The van der Waals surface area contributed by atoms with Crippen molar-refractivity contribution in [2.45, 2.75) is 25.5 Å². The minimum atomic E-state index is -1.25. The molecule has 0 bridgehead atoms. The smallest absolute Gasteiger partial charge is 0.234 e. The minimum absolute atomic E-state index is 0.0621. The van der Waals surface area contributed by atoms with Gasteiger partial charge in [0.25, 0.3) is 0 Å². The molecule has 0 aliphatic heterocycles. The van der Waals surface area contributed by atoms with Gasteiger partial charge in [0, 0.05) is 17.8 Å². The highest BCUT2D eigenvalue weighted by Gasteiger charge is 2.14. The van der Waals surface area contributed by atoms with Crippen LogP contribution in [-0.4, -0.2) is 32.4 Å². The number of thioether (sulfide) groups is 1. The quantitative estimate of drug-likeness (QED) is 0.617. The molecule has 1 amide bonds. The number of hydrogen-bond donors (Lipinski definition) is 1. The molecule has 2 aromatic carbocycles. The van der Waals surface area contributed by atoms with Gasteiger partial charge >= 0.3 is 0 Å². The molecule has 3 aromatic rings. The second-order valence-electron chi connectivity index (χ2n) is 6.12. The molecule has 0 aliphatic carbocycles. The van der Waals surface area contributed by atoms with Crippen molar-refractivity contribution in [2.24, 2.45) is 0 Å². The van der Waals surface area contributed by atoms with E-state index >= 15 is 0 Å². The molecule has 0 radical (unpaired) electrons. The lowest BCUT2D eigenvalue weighted by Gasteiger charge is -2.09. The Balaban J connectivity index is 1.64. The molecule has 1 heterocycles. The molecule has 144 valence electrons. The number of rotatable bonds is 7. The molecular weight excluding hydrogens is 376 g/mol. The van der Waals surface area contributed by atoms with Gasteiger partial charge in [-0.2, -0.15) is 0 Å². The molecule has 0 saturated carbocycles. The van der Waals surface area contributed by atoms with E-state index < -0.39 is 5.97 Å². The van der Waals surface area contributed by atoms with Crippen LogP contribution in [0.2, 0.25) is 0 Å². The zero-order valence-corrected chi connectivity index (χ0v) is 16.3. The second kappa shape index (κ2) is 8.71. The third-order valence-corrected chi connectivity index (χ3v) is 5.05. The van der Waals surface area contributed by atoms with Crippen molar-refractivity contribution in [1.82, 2.24) is 14.8 Å². The van der Waals surface area contributed by atoms with E-state index in [0.29, 0.717) is 17.4 Å². The third-order valence-electron chi connectivity index (χ3n) is 4.08. The van der Waals surface area contributed by atoms with Crippen LogP contribution in [0.4, 0.5) is 5.69 Å². The van der Waals surface area contributed by atoms with Crippen LogP contribution in [0.15, 0.2) is 53.7 Å². The molecule has 0 atom stereocenters. The van der Waals surface area contributed by atoms with Crippen molar-refractivity contribution in [1.29, 1.82) is 0 Å². The lowest BCUT2D eigenvalue weighted by atomic mass is 10.1. The van der Waals surface area contributed by atoms with Crippen LogP contribution >= 0.6 is 11.8 Å². The summed E-state index contributed by atoms with van der Waals surface area (Å²) in [7, 11) is 0. The monoisotopic (exact) mass is 395 g/mol. The summed E-state index contributed by atoms with van der Waals surface area (Å²) >= 11 is 1.30. The fraction of sp³-hybridized carbons (Fsp3) is 0.200. The number of carbonyl (C=O) groups excluding carboxylic acids is 2. The fourth-order valence-electron chi connectivity index (χ4n) is 2.61. The molecule has 8 heteroatoms. The number of carboxylic acid groups (broad SMARTS) is 1. The van der Waals surface area contributed by atoms with Crippen LogP contribution in [0.3, 0.4) is 0 Å². The summed E-state index contributed by atoms with van der Waals surface area (Å²) in [5.74, 6) is -0.539. The summed E-state index contributed by atoms with van der Waals surface area (Å²) < 4.78 is 1.97. The van der Waals surface area contributed by atoms with E-state index in [9.17, 15) is 14.7 Å². The molecule has 28 heavy (non-hydrogen) atoms. The van der Waals surface area contributed by atoms with E-state index in [0.717, 1.165) is 11.4 Å². The van der Waals surface area contributed by atoms with Gasteiger partial charge in [0.1, 0.15) is 0 Å². The number of aryl methyl sites for hydroxylation is 1. The van der Waals surface area contributed by atoms with Gasteiger partial charge in [-0.25, -0.2) is 0 Å². The number of aromatic carboxylic acids is 1. The van der Waals surface area contributed by atoms with E-state index in [1.807, 2.05) is 42.7 Å². The maximum atomic E-state index is 12.2. The normalized spacial score (nSPS) is 10.6. The van der Waals surface area contributed by atoms with Crippen LogP contribution < -0.4 is 10.4 Å². The molecule has 0 unspecified atom stereocenters. The zero-order valence-electron chi connectivity index (χ0n) is 15.5. The average Bonchev–Trinajstić information content (AvgIpc) is 3.10. The highest BCUT2D eigenvalue weighted by Crippen LogP contribution is 2.24. The molecule has 0 aliphatic rings. The van der Waals surface area contributed by atoms with Crippen molar-refractivity contribution < 1.29 is 14.7 Å². The number of nitrogens with zero attached hydrogens (tertiary/aromatic N) is 3. The van der Waals surface area contributed by atoms with Gasteiger partial charge < -0.3 is 19.8 Å². The first kappa shape index (κ1) is 19.6. The Morgan fingerprint density at radius 3 is 2.36 bits per heavy atom. The van der Waals surface area contributed by atoms with Gasteiger partial charge in [-0.1, -0.05) is 53.7 Å². The number of carbonyl (C=O) groups is 2. The predicted molar refractivity (Wildman–Crippen MR) is 106 cm³/mol. The second-order valence-corrected chi connectivity index (χ2v) is 7.06. The molecular formula is C20H19N4O3S-. The Morgan fingerprint density at radius 2 is 1.75 bits per heavy atom. The number of hydrogen-bond acceptors (Lipinski definition) is 6. The summed E-state index contributed by atoms with van der Waals surface area (Å²) in [5, 5.41) is 22.6. The lowest BCUT2D eigenvalue weighted by molar-refractivity contribution is -0.255. The van der Waals surface area contributed by atoms with E-state index in [1.54, 1.807) is 0 Å². The Morgan fingerprint density at radius 1 is 1.07 bits per heavy atom. The van der Waals surface area contributed by atoms with Crippen molar-refractivity contribution in [2.75, 3.05) is 11.1 Å². The van der Waals surface area contributed by atoms with Crippen LogP contribution in [0.5, 0.6) is 0 Å². The summed E-state index contributed by atoms with van der Waals surface area (Å²) in [6.45, 7) is 4.72. The Bertz CT molecular complexity index is 982. The van der Waals surface area contributed by atoms with E-state index in [1.165, 1.54) is 41.6 Å². The number of carboxylic acids is 1. The van der Waals surface area contributed by atoms with Crippen molar-refractivity contribution in [3.05, 3.63) is 59.7 Å². The fourth-order valence-corrected chi connectivity index (χ4v) is 3.42. The van der Waals surface area contributed by atoms with Crippen LogP contribution in [0.25, 0.3) is 11.4 Å². The molecule has 1 N–H and O–H groups in total. The first-order chi connectivity index (χ1) is 13.5. The van der Waals surface area contributed by atoms with Gasteiger partial charge in [-0.3, -0.25) is 4.79 Å². The van der Waals surface area contributed by atoms with Crippen molar-refractivity contribution in [3.63, 3.8) is 0 Å². The molecule has 0 saturated heterocycles. The SMILES string of the molecule is CCn1c(SCC(=O)Nc2ccc(C(=O)[O-])cc2)nnc1-c1ccc(C)cc1. The molecule has 0 fully saturated rings. The third kappa shape index (κ3) is 4.58. The number of aromatic nitrogens is 3. The maximum Gasteiger partial charge on any atom is 0.234 e. The average molecular weight is 395 g/mol. The lowest BCUT2D eigenvalue weighted by Crippen LogP contribution is -2.22. The number of benzene rings is 2. The molecule has 1 aromatic heterocycles. The molecule has 3 rings (SSSR count). The van der Waals surface area contributed by atoms with Gasteiger partial charge in [-0.05, 0) is 31.5 Å². The van der Waals surface area contributed by atoms with Crippen molar-refractivity contribution in [3.8, 4) is 11.4 Å². The number of nitrogens with one attached hydrogen (secondary N) is 1. The van der Waals surface area contributed by atoms with E-state index in [4.69, 9.17) is 0 Å². The summed E-state index contributed by atoms with van der Waals surface area (Å²) in [6, 6.07) is 13.9. The van der Waals surface area contributed by atoms with Crippen LogP contribution in [-0.2, 0) is 11.3 Å². The topological polar surface area (TPSA) is 99.9 Å². The highest BCUT2D eigenvalue weighted by atomic mass is 32.2. The molecule has 7 nitrogen and oxygen atoms in total. The Labute approximate surface area is 166 Å². The van der Waals surface area contributed by atoms with Gasteiger partial charge in [0.2, 0.25) is 5.91 Å². The van der Waals surface area contributed by atoms with E-state index in [2.05, 4.69) is 15.5 Å². The summed E-state index contributed by atoms with van der Waals surface area (Å²) in [5.41, 5.74) is 2.73. The zero-order chi connectivity index (χ0) is 20.1. The van der Waals surface area contributed by atoms with Gasteiger partial charge in [-0.15, -0.1) is 10.2 Å². The van der Waals surface area contributed by atoms with Crippen LogP contribution in [0, 0.1) is 6.92 Å². The minimum Gasteiger partial charge on any atom is -0.545 e. The number of anilines is 1. The predicted octanol–water partition coefficient (Wildman–Crippen LogP) is 2.37. The largest absolute Gasteiger partial charge is 0.545 e. The standard InChI is InChI=1S/C20H20N4O3S/c1-3-24-18(14-6-4-13(2)5-7-14)22-23-20(24)28-12-17(25)21-16-10-8-15(9-11-16)19(26)27/h4-11H,3,12H2,1-2H3,(H,21,25)(H,26,27)/p-1. The Hall–Kier alpha value is -3.13. The van der Waals surface area contributed by atoms with Gasteiger partial charge in [0.15, 0.2) is 11.0 Å². The first-order valence-corrected chi connectivity index (χ1v) is 9.70. The summed E-state index contributed by atoms with van der Waals surface area (Å²) in [4.78, 5) is 23.0.